The number of carbonyl (C=O) groups is 1. The number of carbonyl (C=O) groups excluding carboxylic acids is 1. The molecule has 4 aromatic rings. The maximum atomic E-state index is 13.0. The summed E-state index contributed by atoms with van der Waals surface area (Å²) in [7, 11) is 1.45. The Hall–Kier alpha value is -2.86. The zero-order valence-electron chi connectivity index (χ0n) is 15.9. The number of hydrogen-bond donors (Lipinski definition) is 1. The molecule has 1 amide bonds. The highest BCUT2D eigenvalue weighted by Crippen LogP contribution is 2.39. The number of thiazole rings is 1. The predicted molar refractivity (Wildman–Crippen MR) is 124 cm³/mol. The van der Waals surface area contributed by atoms with Gasteiger partial charge in [0, 0.05) is 10.6 Å². The van der Waals surface area contributed by atoms with Gasteiger partial charge in [-0.2, -0.15) is 0 Å². The van der Waals surface area contributed by atoms with Crippen LogP contribution in [0.4, 0.5) is 5.13 Å². The number of nitrogens with zero attached hydrogens (tertiary/aromatic N) is 1. The average molecular weight is 455 g/mol. The zero-order valence-corrected chi connectivity index (χ0v) is 18.2. The van der Waals surface area contributed by atoms with Crippen molar-refractivity contribution < 1.29 is 9.53 Å². The fourth-order valence-corrected chi connectivity index (χ4v) is 4.61. The molecule has 4 nitrogen and oxygen atoms in total. The summed E-state index contributed by atoms with van der Waals surface area (Å²) in [4.78, 5) is 18.6. The van der Waals surface area contributed by atoms with Crippen LogP contribution in [0.15, 0.2) is 72.8 Å². The van der Waals surface area contributed by atoms with Crippen molar-refractivity contribution >= 4 is 45.6 Å². The molecule has 3 aromatic carbocycles. The largest absolute Gasteiger partial charge is 0.494 e. The molecule has 1 N–H and O–H groups in total. The Morgan fingerprint density at radius 2 is 1.60 bits per heavy atom. The van der Waals surface area contributed by atoms with E-state index in [2.05, 4.69) is 5.32 Å². The van der Waals surface area contributed by atoms with Crippen LogP contribution in [0.3, 0.4) is 0 Å². The van der Waals surface area contributed by atoms with Gasteiger partial charge in [-0.05, 0) is 17.7 Å². The second kappa shape index (κ2) is 8.88. The van der Waals surface area contributed by atoms with E-state index < -0.39 is 5.91 Å². The lowest BCUT2D eigenvalue weighted by Gasteiger charge is -2.10. The van der Waals surface area contributed by atoms with Crippen molar-refractivity contribution in [1.29, 1.82) is 0 Å². The fraction of sp³-hybridized carbons (Fsp3) is 0.0435. The molecule has 1 heterocycles. The first-order chi connectivity index (χ1) is 14.6. The molecule has 0 unspecified atom stereocenters. The third-order valence-corrected chi connectivity index (χ3v) is 5.91. The van der Waals surface area contributed by atoms with Crippen LogP contribution in [0.1, 0.15) is 10.4 Å². The van der Waals surface area contributed by atoms with Crippen molar-refractivity contribution in [2.24, 2.45) is 0 Å². The monoisotopic (exact) mass is 454 g/mol. The minimum atomic E-state index is -0.399. The van der Waals surface area contributed by atoms with Gasteiger partial charge in [0.05, 0.1) is 28.3 Å². The molecule has 30 heavy (non-hydrogen) atoms. The van der Waals surface area contributed by atoms with Gasteiger partial charge in [0.1, 0.15) is 5.75 Å². The molecule has 0 aliphatic carbocycles. The lowest BCUT2D eigenvalue weighted by Crippen LogP contribution is -2.13. The maximum Gasteiger partial charge on any atom is 0.261 e. The molecule has 0 spiro atoms. The molecular weight excluding hydrogens is 439 g/mol. The summed E-state index contributed by atoms with van der Waals surface area (Å²) in [6.45, 7) is 0. The zero-order chi connectivity index (χ0) is 21.1. The van der Waals surface area contributed by atoms with E-state index in [1.165, 1.54) is 30.6 Å². The Morgan fingerprint density at radius 3 is 2.23 bits per heavy atom. The number of hydrogen-bond acceptors (Lipinski definition) is 4. The van der Waals surface area contributed by atoms with Gasteiger partial charge in [-0.3, -0.25) is 10.1 Å². The van der Waals surface area contributed by atoms with Gasteiger partial charge >= 0.3 is 0 Å². The molecule has 0 aliphatic heterocycles. The molecule has 4 rings (SSSR count). The van der Waals surface area contributed by atoms with Crippen LogP contribution < -0.4 is 10.1 Å². The highest BCUT2D eigenvalue weighted by molar-refractivity contribution is 7.19. The first-order valence-corrected chi connectivity index (χ1v) is 10.6. The summed E-state index contributed by atoms with van der Waals surface area (Å²) in [5.41, 5.74) is 3.04. The lowest BCUT2D eigenvalue weighted by atomic mass is 10.1. The van der Waals surface area contributed by atoms with Crippen LogP contribution in [0, 0.1) is 0 Å². The van der Waals surface area contributed by atoms with E-state index >= 15 is 0 Å². The van der Waals surface area contributed by atoms with Gasteiger partial charge in [-0.15, -0.1) is 0 Å². The molecule has 0 atom stereocenters. The number of benzene rings is 3. The van der Waals surface area contributed by atoms with Crippen LogP contribution in [0.5, 0.6) is 5.75 Å². The van der Waals surface area contributed by atoms with E-state index in [9.17, 15) is 4.79 Å². The van der Waals surface area contributed by atoms with Gasteiger partial charge in [0.2, 0.25) is 0 Å². The summed E-state index contributed by atoms with van der Waals surface area (Å²) in [6, 6.07) is 22.9. The molecule has 0 aliphatic rings. The predicted octanol–water partition coefficient (Wildman–Crippen LogP) is 7.04. The molecule has 7 heteroatoms. The Morgan fingerprint density at radius 1 is 0.967 bits per heavy atom. The van der Waals surface area contributed by atoms with Crippen molar-refractivity contribution in [1.82, 2.24) is 4.98 Å². The summed E-state index contributed by atoms with van der Waals surface area (Å²) >= 11 is 13.7. The number of rotatable bonds is 5. The summed E-state index contributed by atoms with van der Waals surface area (Å²) < 4.78 is 5.29. The molecule has 0 fully saturated rings. The first kappa shape index (κ1) is 20.4. The lowest BCUT2D eigenvalue weighted by molar-refractivity contribution is 0.102. The number of amides is 1. The minimum Gasteiger partial charge on any atom is -0.494 e. The van der Waals surface area contributed by atoms with Crippen LogP contribution in [0.25, 0.3) is 21.7 Å². The van der Waals surface area contributed by atoms with Gasteiger partial charge < -0.3 is 4.74 Å². The summed E-state index contributed by atoms with van der Waals surface area (Å²) in [5, 5.41) is 3.94. The minimum absolute atomic E-state index is 0.243. The van der Waals surface area contributed by atoms with Crippen molar-refractivity contribution in [3.8, 4) is 27.4 Å². The average Bonchev–Trinajstić information content (AvgIpc) is 3.18. The van der Waals surface area contributed by atoms with Crippen molar-refractivity contribution in [3.05, 3.63) is 88.4 Å². The smallest absolute Gasteiger partial charge is 0.261 e. The molecule has 0 radical (unpaired) electrons. The number of methoxy groups -OCH3 is 1. The van der Waals surface area contributed by atoms with Crippen LogP contribution in [0.2, 0.25) is 10.0 Å². The SMILES string of the molecule is COc1c(Cl)cc(Cl)cc1C(=O)Nc1nc(-c2ccccc2)c(-c2ccccc2)s1. The molecule has 0 saturated heterocycles. The molecule has 150 valence electrons. The first-order valence-electron chi connectivity index (χ1n) is 9.03. The number of anilines is 1. The van der Waals surface area contributed by atoms with Crippen molar-refractivity contribution in [2.75, 3.05) is 12.4 Å². The summed E-state index contributed by atoms with van der Waals surface area (Å²) in [6.07, 6.45) is 0. The Bertz CT molecular complexity index is 1140. The molecular formula is C23H16Cl2N2O2S. The van der Waals surface area contributed by atoms with E-state index in [0.717, 1.165) is 21.7 Å². The van der Waals surface area contributed by atoms with Crippen molar-refractivity contribution in [2.45, 2.75) is 0 Å². The van der Waals surface area contributed by atoms with Gasteiger partial charge in [0.25, 0.3) is 5.91 Å². The van der Waals surface area contributed by atoms with E-state index in [1.54, 1.807) is 0 Å². The van der Waals surface area contributed by atoms with Crippen molar-refractivity contribution in [3.63, 3.8) is 0 Å². The van der Waals surface area contributed by atoms with Gasteiger partial charge in [-0.1, -0.05) is 95.2 Å². The second-order valence-electron chi connectivity index (χ2n) is 6.35. The van der Waals surface area contributed by atoms with Gasteiger partial charge in [0.15, 0.2) is 5.13 Å². The maximum absolute atomic E-state index is 13.0. The molecule has 0 saturated carbocycles. The Labute approximate surface area is 188 Å². The number of aromatic nitrogens is 1. The molecule has 1 aromatic heterocycles. The highest BCUT2D eigenvalue weighted by atomic mass is 35.5. The van der Waals surface area contributed by atoms with E-state index in [4.69, 9.17) is 32.9 Å². The van der Waals surface area contributed by atoms with Crippen LogP contribution in [-0.2, 0) is 0 Å². The number of halogens is 2. The fourth-order valence-electron chi connectivity index (χ4n) is 3.05. The quantitative estimate of drug-likeness (QED) is 0.351. The second-order valence-corrected chi connectivity index (χ2v) is 8.19. The van der Waals surface area contributed by atoms with E-state index in [1.807, 2.05) is 60.7 Å². The number of ether oxygens (including phenoxy) is 1. The highest BCUT2D eigenvalue weighted by Gasteiger charge is 2.20. The summed E-state index contributed by atoms with van der Waals surface area (Å²) in [5.74, 6) is -0.133. The van der Waals surface area contributed by atoms with Crippen LogP contribution in [-0.4, -0.2) is 18.0 Å². The van der Waals surface area contributed by atoms with E-state index in [-0.39, 0.29) is 16.3 Å². The Balaban J connectivity index is 1.74. The van der Waals surface area contributed by atoms with Gasteiger partial charge in [-0.25, -0.2) is 4.98 Å². The standard InChI is InChI=1S/C23H16Cl2N2O2S/c1-29-20-17(12-16(24)13-18(20)25)22(28)27-23-26-19(14-8-4-2-5-9-14)21(30-23)15-10-6-3-7-11-15/h2-13H,1H3,(H,26,27,28). The number of nitrogens with one attached hydrogen (secondary N) is 1. The van der Waals surface area contributed by atoms with E-state index in [0.29, 0.717) is 10.2 Å². The topological polar surface area (TPSA) is 51.2 Å². The molecule has 0 bridgehead atoms. The Kier molecular flexibility index (Phi) is 6.04. The third kappa shape index (κ3) is 4.19. The third-order valence-electron chi connectivity index (χ3n) is 4.39. The normalized spacial score (nSPS) is 10.6. The van der Waals surface area contributed by atoms with Crippen LogP contribution >= 0.6 is 34.5 Å².